The van der Waals surface area contributed by atoms with Crippen LogP contribution in [-0.4, -0.2) is 22.0 Å². The highest BCUT2D eigenvalue weighted by atomic mass is 35.5. The molecule has 2 aromatic heterocycles. The van der Waals surface area contributed by atoms with Gasteiger partial charge in [0.25, 0.3) is 11.5 Å². The van der Waals surface area contributed by atoms with Crippen LogP contribution >= 0.6 is 11.6 Å². The molecule has 3 rings (SSSR count). The largest absolute Gasteiger partial charge is 0.451 e. The van der Waals surface area contributed by atoms with E-state index in [-0.39, 0.29) is 29.7 Å². The summed E-state index contributed by atoms with van der Waals surface area (Å²) < 4.78 is 7.08. The third kappa shape index (κ3) is 4.80. The van der Waals surface area contributed by atoms with Gasteiger partial charge >= 0.3 is 5.69 Å². The number of amides is 1. The maximum atomic E-state index is 13.4. The molecule has 0 saturated heterocycles. The van der Waals surface area contributed by atoms with Gasteiger partial charge in [0, 0.05) is 18.7 Å². The quantitative estimate of drug-likeness (QED) is 0.526. The Bertz CT molecular complexity index is 1230. The van der Waals surface area contributed by atoms with Crippen molar-refractivity contribution < 1.29 is 9.21 Å². The minimum Gasteiger partial charge on any atom is -0.451 e. The molecule has 1 aromatic carbocycles. The van der Waals surface area contributed by atoms with E-state index in [9.17, 15) is 14.4 Å². The third-order valence-electron chi connectivity index (χ3n) is 4.97. The second-order valence-corrected chi connectivity index (χ2v) is 8.36. The van der Waals surface area contributed by atoms with Crippen molar-refractivity contribution in [3.05, 3.63) is 68.0 Å². The Morgan fingerprint density at radius 3 is 2.59 bits per heavy atom. The highest BCUT2D eigenvalue weighted by Gasteiger charge is 2.27. The van der Waals surface area contributed by atoms with Gasteiger partial charge < -0.3 is 10.2 Å². The summed E-state index contributed by atoms with van der Waals surface area (Å²) in [5.41, 5.74) is 5.51. The molecule has 8 nitrogen and oxygen atoms in total. The van der Waals surface area contributed by atoms with E-state index in [0.717, 1.165) is 6.42 Å². The number of nitrogens with two attached hydrogens (primary N) is 1. The predicted octanol–water partition coefficient (Wildman–Crippen LogP) is 4.14. The molecular weight excluding hydrogens is 432 g/mol. The van der Waals surface area contributed by atoms with Gasteiger partial charge in [-0.2, -0.15) is 0 Å². The lowest BCUT2D eigenvalue weighted by atomic mass is 10.2. The number of rotatable bonds is 8. The molecule has 2 heterocycles. The van der Waals surface area contributed by atoms with Crippen molar-refractivity contribution in [3.63, 3.8) is 0 Å². The van der Waals surface area contributed by atoms with Crippen molar-refractivity contribution in [2.24, 2.45) is 5.92 Å². The van der Waals surface area contributed by atoms with Crippen molar-refractivity contribution in [2.75, 3.05) is 17.2 Å². The lowest BCUT2D eigenvalue weighted by Crippen LogP contribution is -2.42. The fourth-order valence-corrected chi connectivity index (χ4v) is 3.64. The number of benzene rings is 1. The molecule has 0 atom stereocenters. The van der Waals surface area contributed by atoms with E-state index in [1.807, 2.05) is 26.8 Å². The topological polar surface area (TPSA) is 114 Å². The Morgan fingerprint density at radius 1 is 1.22 bits per heavy atom. The molecule has 0 bridgehead atoms. The van der Waals surface area contributed by atoms with E-state index in [1.54, 1.807) is 24.3 Å². The fraction of sp³-hybridized carbons (Fsp3) is 0.348. The molecule has 0 aliphatic rings. The number of anilines is 2. The van der Waals surface area contributed by atoms with E-state index >= 15 is 0 Å². The van der Waals surface area contributed by atoms with Crippen LogP contribution in [0.1, 0.15) is 44.2 Å². The monoisotopic (exact) mass is 458 g/mol. The van der Waals surface area contributed by atoms with Crippen LogP contribution in [0.3, 0.4) is 0 Å². The number of nitrogen functional groups attached to an aromatic ring is 1. The molecule has 0 unspecified atom stereocenters. The molecule has 0 saturated carbocycles. The zero-order valence-electron chi connectivity index (χ0n) is 18.4. The van der Waals surface area contributed by atoms with Gasteiger partial charge in [0.05, 0.1) is 5.02 Å². The summed E-state index contributed by atoms with van der Waals surface area (Å²) in [5, 5.41) is 0.491. The number of nitrogens with zero attached hydrogens (tertiary/aromatic N) is 2. The van der Waals surface area contributed by atoms with Crippen LogP contribution in [0, 0.1) is 5.92 Å². The van der Waals surface area contributed by atoms with Crippen molar-refractivity contribution in [3.8, 4) is 11.3 Å². The number of carbonyl (C=O) groups is 1. The first kappa shape index (κ1) is 23.4. The fourth-order valence-electron chi connectivity index (χ4n) is 3.41. The van der Waals surface area contributed by atoms with Gasteiger partial charge in [-0.3, -0.25) is 24.0 Å². The number of hydrogen-bond acceptors (Lipinski definition) is 5. The first-order valence-corrected chi connectivity index (χ1v) is 10.9. The summed E-state index contributed by atoms with van der Waals surface area (Å²) >= 11 is 6.24. The highest BCUT2D eigenvalue weighted by molar-refractivity contribution is 6.33. The summed E-state index contributed by atoms with van der Waals surface area (Å²) in [7, 11) is 0. The van der Waals surface area contributed by atoms with Gasteiger partial charge in [0.1, 0.15) is 11.6 Å². The van der Waals surface area contributed by atoms with E-state index in [0.29, 0.717) is 29.3 Å². The summed E-state index contributed by atoms with van der Waals surface area (Å²) in [5.74, 6) is 0.00719. The number of carbonyl (C=O) groups excluding carboxylic acids is 1. The zero-order valence-corrected chi connectivity index (χ0v) is 19.1. The molecule has 0 aliphatic carbocycles. The van der Waals surface area contributed by atoms with E-state index in [4.69, 9.17) is 21.8 Å². The van der Waals surface area contributed by atoms with Crippen molar-refractivity contribution in [1.82, 2.24) is 9.55 Å². The molecule has 0 aliphatic heterocycles. The second-order valence-electron chi connectivity index (χ2n) is 7.95. The maximum absolute atomic E-state index is 13.4. The van der Waals surface area contributed by atoms with Gasteiger partial charge in [-0.25, -0.2) is 4.79 Å². The zero-order chi connectivity index (χ0) is 23.4. The van der Waals surface area contributed by atoms with Crippen LogP contribution in [-0.2, 0) is 6.54 Å². The van der Waals surface area contributed by atoms with Gasteiger partial charge in [-0.05, 0) is 36.6 Å². The molecule has 32 heavy (non-hydrogen) atoms. The molecule has 9 heteroatoms. The van der Waals surface area contributed by atoms with E-state index in [2.05, 4.69) is 4.98 Å². The Hall–Kier alpha value is -3.26. The SMILES string of the molecule is CCCCN(C(=O)c1ccc(-c2ccccc2Cl)o1)c1c(N)n(CC(C)C)c(=O)[nH]c1=O. The summed E-state index contributed by atoms with van der Waals surface area (Å²) in [6.07, 6.45) is 1.42. The van der Waals surface area contributed by atoms with Gasteiger partial charge in [-0.15, -0.1) is 0 Å². The predicted molar refractivity (Wildman–Crippen MR) is 126 cm³/mol. The van der Waals surface area contributed by atoms with Crippen molar-refractivity contribution in [2.45, 2.75) is 40.2 Å². The smallest absolute Gasteiger partial charge is 0.330 e. The van der Waals surface area contributed by atoms with E-state index in [1.165, 1.54) is 15.5 Å². The average Bonchev–Trinajstić information content (AvgIpc) is 3.23. The molecule has 0 radical (unpaired) electrons. The normalized spacial score (nSPS) is 11.2. The first-order chi connectivity index (χ1) is 15.2. The number of furan rings is 1. The van der Waals surface area contributed by atoms with Gasteiger partial charge in [0.2, 0.25) is 0 Å². The van der Waals surface area contributed by atoms with Crippen LogP contribution in [0.2, 0.25) is 5.02 Å². The Morgan fingerprint density at radius 2 is 1.94 bits per heavy atom. The number of aromatic nitrogens is 2. The number of aromatic amines is 1. The molecule has 170 valence electrons. The summed E-state index contributed by atoms with van der Waals surface area (Å²) in [6.45, 7) is 6.37. The highest BCUT2D eigenvalue weighted by Crippen LogP contribution is 2.30. The summed E-state index contributed by atoms with van der Waals surface area (Å²) in [4.78, 5) is 42.0. The standard InChI is InChI=1S/C23H27ClN4O4/c1-4-5-12-27(19-20(25)28(13-14(2)3)23(31)26-21(19)29)22(30)18-11-10-17(32-18)15-8-6-7-9-16(15)24/h6-11,14H,4-5,12-13,25H2,1-3H3,(H,26,29,31). The Labute approximate surface area is 190 Å². The molecule has 3 N–H and O–H groups in total. The maximum Gasteiger partial charge on any atom is 0.330 e. The Kier molecular flexibility index (Phi) is 7.25. The molecular formula is C23H27ClN4O4. The number of halogens is 1. The molecule has 0 spiro atoms. The third-order valence-corrected chi connectivity index (χ3v) is 5.30. The Balaban J connectivity index is 2.07. The second kappa shape index (κ2) is 9.91. The summed E-state index contributed by atoms with van der Waals surface area (Å²) in [6, 6.07) is 10.3. The number of hydrogen-bond donors (Lipinski definition) is 2. The van der Waals surface area contributed by atoms with Crippen LogP contribution in [0.4, 0.5) is 11.5 Å². The van der Waals surface area contributed by atoms with Crippen LogP contribution < -0.4 is 21.9 Å². The molecule has 3 aromatic rings. The minimum absolute atomic E-state index is 0.0384. The lowest BCUT2D eigenvalue weighted by Gasteiger charge is -2.24. The number of unbranched alkanes of at least 4 members (excludes halogenated alkanes) is 1. The molecule has 1 amide bonds. The van der Waals surface area contributed by atoms with Crippen molar-refractivity contribution in [1.29, 1.82) is 0 Å². The van der Waals surface area contributed by atoms with Gasteiger partial charge in [-0.1, -0.05) is 50.9 Å². The van der Waals surface area contributed by atoms with Crippen LogP contribution in [0.15, 0.2) is 50.4 Å². The average molecular weight is 459 g/mol. The van der Waals surface area contributed by atoms with Gasteiger partial charge in [0.15, 0.2) is 11.4 Å². The number of nitrogens with one attached hydrogen (secondary N) is 1. The minimum atomic E-state index is -0.713. The van der Waals surface area contributed by atoms with Crippen molar-refractivity contribution >= 4 is 29.0 Å². The molecule has 0 fully saturated rings. The van der Waals surface area contributed by atoms with E-state index < -0.39 is 17.2 Å². The lowest BCUT2D eigenvalue weighted by molar-refractivity contribution is 0.0960. The first-order valence-electron chi connectivity index (χ1n) is 10.5. The van der Waals surface area contributed by atoms with Crippen LogP contribution in [0.25, 0.3) is 11.3 Å². The number of H-pyrrole nitrogens is 1. The van der Waals surface area contributed by atoms with Crippen LogP contribution in [0.5, 0.6) is 0 Å².